The van der Waals surface area contributed by atoms with Gasteiger partial charge < -0.3 is 9.64 Å². The van der Waals surface area contributed by atoms with Crippen molar-refractivity contribution in [2.75, 3.05) is 13.1 Å². The van der Waals surface area contributed by atoms with Crippen molar-refractivity contribution < 1.29 is 9.53 Å². The molecule has 6 nitrogen and oxygen atoms in total. The van der Waals surface area contributed by atoms with Gasteiger partial charge in [0, 0.05) is 12.3 Å². The average molecular weight is 276 g/mol. The van der Waals surface area contributed by atoms with E-state index in [0.717, 1.165) is 11.5 Å². The number of carbonyl (C=O) groups is 1. The van der Waals surface area contributed by atoms with Crippen LogP contribution in [0.25, 0.3) is 0 Å². The molecule has 0 aliphatic carbocycles. The van der Waals surface area contributed by atoms with Crippen molar-refractivity contribution in [2.24, 2.45) is 0 Å². The fourth-order valence-electron chi connectivity index (χ4n) is 1.84. The molecule has 3 rings (SSSR count). The summed E-state index contributed by atoms with van der Waals surface area (Å²) in [6.45, 7) is 2.94. The summed E-state index contributed by atoms with van der Waals surface area (Å²) in [5, 5.41) is 3.85. The second-order valence-electron chi connectivity index (χ2n) is 4.31. The number of carbonyl (C=O) groups excluding carboxylic acids is 1. The number of hydrogen-bond donors (Lipinski definition) is 0. The number of likely N-dealkylation sites (tertiary alicyclic amines) is 1. The van der Waals surface area contributed by atoms with Gasteiger partial charge in [-0.15, -0.1) is 5.10 Å². The number of ether oxygens (including phenoxy) is 1. The van der Waals surface area contributed by atoms with Crippen LogP contribution in [0.15, 0.2) is 24.4 Å². The third-order valence-corrected chi connectivity index (χ3v) is 3.72. The summed E-state index contributed by atoms with van der Waals surface area (Å²) >= 11 is 1.13. The maximum atomic E-state index is 12.1. The lowest BCUT2D eigenvalue weighted by molar-refractivity contribution is 0.0163. The van der Waals surface area contributed by atoms with Gasteiger partial charge in [0.1, 0.15) is 11.0 Å². The van der Waals surface area contributed by atoms with E-state index in [2.05, 4.69) is 14.6 Å². The Morgan fingerprint density at radius 3 is 2.95 bits per heavy atom. The lowest BCUT2D eigenvalue weighted by Gasteiger charge is -2.38. The molecular weight excluding hydrogens is 264 g/mol. The van der Waals surface area contributed by atoms with Crippen molar-refractivity contribution in [1.82, 2.24) is 19.5 Å². The minimum absolute atomic E-state index is 0.0139. The van der Waals surface area contributed by atoms with Crippen LogP contribution < -0.4 is 4.74 Å². The first-order valence-electron chi connectivity index (χ1n) is 5.90. The molecule has 3 heterocycles. The molecule has 1 aliphatic rings. The van der Waals surface area contributed by atoms with Crippen molar-refractivity contribution in [3.8, 4) is 5.88 Å². The highest BCUT2D eigenvalue weighted by atomic mass is 32.1. The molecule has 0 N–H and O–H groups in total. The predicted octanol–water partition coefficient (Wildman–Crippen LogP) is 1.14. The Bertz CT molecular complexity index is 580. The molecule has 1 saturated heterocycles. The summed E-state index contributed by atoms with van der Waals surface area (Å²) in [6.07, 6.45) is 1.70. The van der Waals surface area contributed by atoms with Crippen LogP contribution in [0.3, 0.4) is 0 Å². The van der Waals surface area contributed by atoms with Crippen LogP contribution in [-0.4, -0.2) is 44.6 Å². The van der Waals surface area contributed by atoms with Gasteiger partial charge in [-0.1, -0.05) is 10.6 Å². The Labute approximate surface area is 114 Å². The van der Waals surface area contributed by atoms with Crippen molar-refractivity contribution in [1.29, 1.82) is 0 Å². The van der Waals surface area contributed by atoms with Crippen LogP contribution in [0.4, 0.5) is 0 Å². The third-order valence-electron chi connectivity index (χ3n) is 2.91. The van der Waals surface area contributed by atoms with E-state index in [0.29, 0.717) is 29.5 Å². The fraction of sp³-hybridized carbons (Fsp3) is 0.333. The number of amides is 1. The summed E-state index contributed by atoms with van der Waals surface area (Å²) in [5.41, 5.74) is 0.684. The van der Waals surface area contributed by atoms with Crippen molar-refractivity contribution in [3.05, 3.63) is 35.0 Å². The highest BCUT2D eigenvalue weighted by Gasteiger charge is 2.34. The van der Waals surface area contributed by atoms with Crippen LogP contribution in [-0.2, 0) is 0 Å². The molecule has 98 valence electrons. The largest absolute Gasteiger partial charge is 0.471 e. The fourth-order valence-corrected chi connectivity index (χ4v) is 2.46. The van der Waals surface area contributed by atoms with E-state index in [1.807, 2.05) is 18.2 Å². The van der Waals surface area contributed by atoms with Gasteiger partial charge in [-0.2, -0.15) is 0 Å². The SMILES string of the molecule is Cc1nnsc1C(=O)N1CC(Oc2ccccn2)C1. The molecule has 2 aromatic heterocycles. The smallest absolute Gasteiger partial charge is 0.267 e. The van der Waals surface area contributed by atoms with Gasteiger partial charge >= 0.3 is 0 Å². The summed E-state index contributed by atoms with van der Waals surface area (Å²) < 4.78 is 9.42. The predicted molar refractivity (Wildman–Crippen MR) is 69.2 cm³/mol. The molecule has 0 unspecified atom stereocenters. The summed E-state index contributed by atoms with van der Waals surface area (Å²) in [6, 6.07) is 5.51. The molecule has 1 fully saturated rings. The number of aromatic nitrogens is 3. The van der Waals surface area contributed by atoms with Gasteiger partial charge in [0.05, 0.1) is 18.8 Å². The molecule has 0 atom stereocenters. The number of nitrogens with zero attached hydrogens (tertiary/aromatic N) is 4. The first-order chi connectivity index (χ1) is 9.24. The summed E-state index contributed by atoms with van der Waals surface area (Å²) in [4.78, 5) is 18.5. The molecule has 1 amide bonds. The highest BCUT2D eigenvalue weighted by molar-refractivity contribution is 7.07. The quantitative estimate of drug-likeness (QED) is 0.841. The van der Waals surface area contributed by atoms with Gasteiger partial charge in [-0.3, -0.25) is 4.79 Å². The monoisotopic (exact) mass is 276 g/mol. The van der Waals surface area contributed by atoms with Crippen molar-refractivity contribution in [3.63, 3.8) is 0 Å². The zero-order chi connectivity index (χ0) is 13.2. The van der Waals surface area contributed by atoms with Crippen LogP contribution in [0.1, 0.15) is 15.4 Å². The summed E-state index contributed by atoms with van der Waals surface area (Å²) in [7, 11) is 0. The van der Waals surface area contributed by atoms with Gasteiger partial charge in [0.25, 0.3) is 5.91 Å². The normalized spacial score (nSPS) is 15.1. The van der Waals surface area contributed by atoms with Crippen LogP contribution in [0.2, 0.25) is 0 Å². The van der Waals surface area contributed by atoms with E-state index in [9.17, 15) is 4.79 Å². The number of aryl methyl sites for hydroxylation is 1. The average Bonchev–Trinajstić information content (AvgIpc) is 2.80. The van der Waals surface area contributed by atoms with Gasteiger partial charge in [0.2, 0.25) is 5.88 Å². The van der Waals surface area contributed by atoms with E-state index in [1.54, 1.807) is 18.0 Å². The standard InChI is InChI=1S/C12H12N4O2S/c1-8-11(19-15-14-8)12(17)16-6-9(7-16)18-10-4-2-3-5-13-10/h2-5,9H,6-7H2,1H3. The van der Waals surface area contributed by atoms with Gasteiger partial charge in [-0.25, -0.2) is 4.98 Å². The van der Waals surface area contributed by atoms with Crippen molar-refractivity contribution >= 4 is 17.4 Å². The molecule has 0 radical (unpaired) electrons. The molecule has 0 spiro atoms. The summed E-state index contributed by atoms with van der Waals surface area (Å²) in [5.74, 6) is 0.573. The molecule has 2 aromatic rings. The Kier molecular flexibility index (Phi) is 3.12. The Morgan fingerprint density at radius 2 is 2.32 bits per heavy atom. The van der Waals surface area contributed by atoms with E-state index in [1.165, 1.54) is 0 Å². The zero-order valence-electron chi connectivity index (χ0n) is 10.3. The second-order valence-corrected chi connectivity index (χ2v) is 5.06. The van der Waals surface area contributed by atoms with E-state index < -0.39 is 0 Å². The Hall–Kier alpha value is -2.02. The van der Waals surface area contributed by atoms with Gasteiger partial charge in [-0.05, 0) is 24.5 Å². The molecule has 1 aliphatic heterocycles. The molecule has 0 bridgehead atoms. The molecule has 0 saturated carbocycles. The van der Waals surface area contributed by atoms with E-state index >= 15 is 0 Å². The van der Waals surface area contributed by atoms with Crippen molar-refractivity contribution in [2.45, 2.75) is 13.0 Å². The molecule has 19 heavy (non-hydrogen) atoms. The highest BCUT2D eigenvalue weighted by Crippen LogP contribution is 2.20. The first kappa shape index (κ1) is 12.0. The van der Waals surface area contributed by atoms with Crippen LogP contribution >= 0.6 is 11.5 Å². The number of pyridine rings is 1. The first-order valence-corrected chi connectivity index (χ1v) is 6.67. The molecule has 0 aromatic carbocycles. The number of rotatable bonds is 3. The minimum Gasteiger partial charge on any atom is -0.471 e. The molecular formula is C12H12N4O2S. The third kappa shape index (κ3) is 2.41. The Balaban J connectivity index is 1.56. The lowest BCUT2D eigenvalue weighted by atomic mass is 10.1. The van der Waals surface area contributed by atoms with Crippen LogP contribution in [0, 0.1) is 6.92 Å². The maximum absolute atomic E-state index is 12.1. The van der Waals surface area contributed by atoms with Crippen LogP contribution in [0.5, 0.6) is 5.88 Å². The maximum Gasteiger partial charge on any atom is 0.267 e. The lowest BCUT2D eigenvalue weighted by Crippen LogP contribution is -2.56. The topological polar surface area (TPSA) is 68.2 Å². The zero-order valence-corrected chi connectivity index (χ0v) is 11.1. The molecule has 7 heteroatoms. The minimum atomic E-state index is -0.0200. The Morgan fingerprint density at radius 1 is 1.47 bits per heavy atom. The number of hydrogen-bond acceptors (Lipinski definition) is 6. The second kappa shape index (κ2) is 4.93. The van der Waals surface area contributed by atoms with Gasteiger partial charge in [0.15, 0.2) is 0 Å². The van der Waals surface area contributed by atoms with E-state index in [4.69, 9.17) is 4.74 Å². The van der Waals surface area contributed by atoms with E-state index in [-0.39, 0.29) is 12.0 Å².